The molecule has 7 nitrogen and oxygen atoms in total. The van der Waals surface area contributed by atoms with Gasteiger partial charge in [0.25, 0.3) is 5.91 Å². The molecule has 0 aliphatic carbocycles. The van der Waals surface area contributed by atoms with E-state index in [0.717, 1.165) is 11.1 Å². The average Bonchev–Trinajstić information content (AvgIpc) is 2.77. The molecule has 1 atom stereocenters. The molecule has 2 aromatic carbocycles. The van der Waals surface area contributed by atoms with Crippen molar-refractivity contribution in [3.63, 3.8) is 0 Å². The third-order valence-corrected chi connectivity index (χ3v) is 4.65. The second kappa shape index (κ2) is 11.6. The molecule has 0 aliphatic rings. The predicted octanol–water partition coefficient (Wildman–Crippen LogP) is 1.97. The van der Waals surface area contributed by atoms with Gasteiger partial charge in [0.1, 0.15) is 6.54 Å². The minimum Gasteiger partial charge on any atom is -0.356 e. The summed E-state index contributed by atoms with van der Waals surface area (Å²) in [7, 11) is 5.04. The monoisotopic (exact) mass is 409 g/mol. The smallest absolute Gasteiger partial charge is 0.251 e. The van der Waals surface area contributed by atoms with Crippen LogP contribution in [0.2, 0.25) is 0 Å². The van der Waals surface area contributed by atoms with Crippen molar-refractivity contribution in [2.24, 2.45) is 4.99 Å². The molecule has 3 N–H and O–H groups in total. The fraction of sp³-hybridized carbons (Fsp3) is 0.348. The van der Waals surface area contributed by atoms with Gasteiger partial charge in [-0.25, -0.2) is 4.99 Å². The van der Waals surface area contributed by atoms with E-state index in [-0.39, 0.29) is 24.4 Å². The zero-order valence-electron chi connectivity index (χ0n) is 18.1. The van der Waals surface area contributed by atoms with Crippen LogP contribution in [0, 0.1) is 0 Å². The van der Waals surface area contributed by atoms with Gasteiger partial charge in [-0.3, -0.25) is 9.59 Å². The zero-order chi connectivity index (χ0) is 21.9. The number of guanidine groups is 1. The SMILES string of the molecule is CNC(=O)c1cccc(CCNC(=NCC(=O)N(C)C)NC(C)c2ccccc2)c1. The van der Waals surface area contributed by atoms with Gasteiger partial charge < -0.3 is 20.9 Å². The number of aliphatic imine (C=N–C) groups is 1. The molecule has 0 aliphatic heterocycles. The molecule has 0 aromatic heterocycles. The largest absolute Gasteiger partial charge is 0.356 e. The molecule has 2 aromatic rings. The first kappa shape index (κ1) is 22.9. The highest BCUT2D eigenvalue weighted by Crippen LogP contribution is 2.11. The van der Waals surface area contributed by atoms with Gasteiger partial charge in [-0.05, 0) is 36.6 Å². The van der Waals surface area contributed by atoms with E-state index in [2.05, 4.69) is 20.9 Å². The molecular weight excluding hydrogens is 378 g/mol. The Morgan fingerprint density at radius 1 is 1.07 bits per heavy atom. The van der Waals surface area contributed by atoms with Crippen LogP contribution in [0.4, 0.5) is 0 Å². The van der Waals surface area contributed by atoms with E-state index in [0.29, 0.717) is 24.5 Å². The second-order valence-corrected chi connectivity index (χ2v) is 7.19. The normalized spacial score (nSPS) is 12.1. The number of benzene rings is 2. The number of hydrogen-bond acceptors (Lipinski definition) is 3. The van der Waals surface area contributed by atoms with E-state index in [1.54, 1.807) is 27.2 Å². The molecule has 0 spiro atoms. The van der Waals surface area contributed by atoms with Gasteiger partial charge in [0.05, 0.1) is 6.04 Å². The Bertz CT molecular complexity index is 865. The molecule has 0 bridgehead atoms. The van der Waals surface area contributed by atoms with Crippen LogP contribution in [-0.2, 0) is 11.2 Å². The lowest BCUT2D eigenvalue weighted by Crippen LogP contribution is -2.40. The molecule has 7 heteroatoms. The molecule has 2 rings (SSSR count). The van der Waals surface area contributed by atoms with E-state index < -0.39 is 0 Å². The molecule has 1 unspecified atom stereocenters. The van der Waals surface area contributed by atoms with E-state index in [1.165, 1.54) is 4.90 Å². The number of carbonyl (C=O) groups excluding carboxylic acids is 2. The quantitative estimate of drug-likeness (QED) is 0.460. The second-order valence-electron chi connectivity index (χ2n) is 7.19. The highest BCUT2D eigenvalue weighted by atomic mass is 16.2. The van der Waals surface area contributed by atoms with Crippen molar-refractivity contribution in [1.29, 1.82) is 0 Å². The minimum absolute atomic E-state index is 0.0310. The molecular formula is C23H31N5O2. The standard InChI is InChI=1S/C23H31N5O2/c1-17(19-10-6-5-7-11-19)27-23(26-16-21(29)28(3)4)25-14-13-18-9-8-12-20(15-18)22(30)24-2/h5-12,15,17H,13-14,16H2,1-4H3,(H,24,30)(H2,25,26,27). The lowest BCUT2D eigenvalue weighted by Gasteiger charge is -2.19. The van der Waals surface area contributed by atoms with Crippen LogP contribution in [0.5, 0.6) is 0 Å². The number of likely N-dealkylation sites (N-methyl/N-ethyl adjacent to an activating group) is 1. The topological polar surface area (TPSA) is 85.8 Å². The summed E-state index contributed by atoms with van der Waals surface area (Å²) in [5.41, 5.74) is 2.81. The van der Waals surface area contributed by atoms with Crippen molar-refractivity contribution in [1.82, 2.24) is 20.9 Å². The lowest BCUT2D eigenvalue weighted by atomic mass is 10.1. The van der Waals surface area contributed by atoms with Gasteiger partial charge in [-0.2, -0.15) is 0 Å². The van der Waals surface area contributed by atoms with Crippen LogP contribution < -0.4 is 16.0 Å². The van der Waals surface area contributed by atoms with Crippen molar-refractivity contribution in [2.75, 3.05) is 34.2 Å². The number of hydrogen-bond donors (Lipinski definition) is 3. The van der Waals surface area contributed by atoms with Gasteiger partial charge in [0.2, 0.25) is 5.91 Å². The van der Waals surface area contributed by atoms with E-state index in [4.69, 9.17) is 0 Å². The van der Waals surface area contributed by atoms with Crippen molar-refractivity contribution in [3.05, 3.63) is 71.3 Å². The van der Waals surface area contributed by atoms with Gasteiger partial charge in [0.15, 0.2) is 5.96 Å². The van der Waals surface area contributed by atoms with Crippen molar-refractivity contribution < 1.29 is 9.59 Å². The molecule has 2 amide bonds. The Balaban J connectivity index is 2.02. The summed E-state index contributed by atoms with van der Waals surface area (Å²) in [6.45, 7) is 2.73. The third kappa shape index (κ3) is 7.24. The van der Waals surface area contributed by atoms with Gasteiger partial charge in [-0.15, -0.1) is 0 Å². The molecule has 0 fully saturated rings. The molecule has 0 radical (unpaired) electrons. The van der Waals surface area contributed by atoms with Crippen molar-refractivity contribution >= 4 is 17.8 Å². The minimum atomic E-state index is -0.104. The number of nitrogens with zero attached hydrogens (tertiary/aromatic N) is 2. The maximum absolute atomic E-state index is 12.0. The summed E-state index contributed by atoms with van der Waals surface area (Å²) in [4.78, 5) is 29.7. The van der Waals surface area contributed by atoms with E-state index in [1.807, 2.05) is 55.5 Å². The van der Waals surface area contributed by atoms with E-state index >= 15 is 0 Å². The maximum Gasteiger partial charge on any atom is 0.251 e. The van der Waals surface area contributed by atoms with Gasteiger partial charge in [0, 0.05) is 33.3 Å². The van der Waals surface area contributed by atoms with Crippen LogP contribution in [0.1, 0.15) is 34.5 Å². The fourth-order valence-corrected chi connectivity index (χ4v) is 2.81. The Kier molecular flexibility index (Phi) is 8.87. The van der Waals surface area contributed by atoms with Crippen LogP contribution in [-0.4, -0.2) is 56.9 Å². The molecule has 160 valence electrons. The first-order valence-electron chi connectivity index (χ1n) is 10.0. The molecule has 0 heterocycles. The molecule has 30 heavy (non-hydrogen) atoms. The maximum atomic E-state index is 12.0. The Morgan fingerprint density at radius 3 is 2.47 bits per heavy atom. The highest BCUT2D eigenvalue weighted by Gasteiger charge is 2.10. The summed E-state index contributed by atoms with van der Waals surface area (Å²) >= 11 is 0. The summed E-state index contributed by atoms with van der Waals surface area (Å²) in [5.74, 6) is 0.401. The van der Waals surface area contributed by atoms with E-state index in [9.17, 15) is 9.59 Å². The predicted molar refractivity (Wildman–Crippen MR) is 121 cm³/mol. The first-order chi connectivity index (χ1) is 14.4. The molecule has 0 saturated heterocycles. The average molecular weight is 410 g/mol. The Labute approximate surface area is 178 Å². The van der Waals surface area contributed by atoms with Crippen molar-refractivity contribution in [3.8, 4) is 0 Å². The highest BCUT2D eigenvalue weighted by molar-refractivity contribution is 5.94. The lowest BCUT2D eigenvalue weighted by molar-refractivity contribution is -0.127. The van der Waals surface area contributed by atoms with Gasteiger partial charge >= 0.3 is 0 Å². The van der Waals surface area contributed by atoms with Crippen molar-refractivity contribution in [2.45, 2.75) is 19.4 Å². The summed E-state index contributed by atoms with van der Waals surface area (Å²) in [5, 5.41) is 9.29. The third-order valence-electron chi connectivity index (χ3n) is 4.65. The fourth-order valence-electron chi connectivity index (χ4n) is 2.81. The first-order valence-corrected chi connectivity index (χ1v) is 10.0. The van der Waals surface area contributed by atoms with Crippen LogP contribution in [0.15, 0.2) is 59.6 Å². The Morgan fingerprint density at radius 2 is 1.80 bits per heavy atom. The zero-order valence-corrected chi connectivity index (χ0v) is 18.1. The van der Waals surface area contributed by atoms with Gasteiger partial charge in [-0.1, -0.05) is 42.5 Å². The summed E-state index contributed by atoms with van der Waals surface area (Å²) < 4.78 is 0. The number of rotatable bonds is 8. The van der Waals surface area contributed by atoms with Crippen LogP contribution in [0.25, 0.3) is 0 Å². The number of carbonyl (C=O) groups is 2. The number of amides is 2. The molecule has 0 saturated carbocycles. The summed E-state index contributed by atoms with van der Waals surface area (Å²) in [6, 6.07) is 17.6. The van der Waals surface area contributed by atoms with Crippen LogP contribution in [0.3, 0.4) is 0 Å². The summed E-state index contributed by atoms with van der Waals surface area (Å²) in [6.07, 6.45) is 0.715. The number of nitrogens with one attached hydrogen (secondary N) is 3. The van der Waals surface area contributed by atoms with Crippen LogP contribution >= 0.6 is 0 Å². The Hall–Kier alpha value is -3.35.